The highest BCUT2D eigenvalue weighted by molar-refractivity contribution is 7.99. The van der Waals surface area contributed by atoms with E-state index in [1.807, 2.05) is 43.3 Å². The van der Waals surface area contributed by atoms with Crippen molar-refractivity contribution in [3.63, 3.8) is 0 Å². The molecule has 20 heavy (non-hydrogen) atoms. The van der Waals surface area contributed by atoms with E-state index >= 15 is 0 Å². The van der Waals surface area contributed by atoms with Crippen LogP contribution in [-0.2, 0) is 0 Å². The molecule has 0 radical (unpaired) electrons. The molecule has 0 spiro atoms. The average Bonchev–Trinajstić information content (AvgIpc) is 2.46. The molecule has 0 bridgehead atoms. The second-order valence-corrected chi connectivity index (χ2v) is 5.96. The Balaban J connectivity index is 1.88. The molecule has 2 rings (SSSR count). The van der Waals surface area contributed by atoms with Gasteiger partial charge in [0.05, 0.1) is 6.61 Å². The van der Waals surface area contributed by atoms with Crippen molar-refractivity contribution in [3.8, 4) is 5.75 Å². The van der Waals surface area contributed by atoms with Gasteiger partial charge in [-0.1, -0.05) is 42.5 Å². The van der Waals surface area contributed by atoms with E-state index in [-0.39, 0.29) is 0 Å². The molecular weight excluding hydrogens is 286 g/mol. The lowest BCUT2D eigenvalue weighted by Gasteiger charge is -2.10. The van der Waals surface area contributed by atoms with Crippen molar-refractivity contribution in [1.82, 2.24) is 0 Å². The molecule has 0 amide bonds. The summed E-state index contributed by atoms with van der Waals surface area (Å²) in [7, 11) is 0. The molecule has 0 aliphatic rings. The van der Waals surface area contributed by atoms with E-state index in [2.05, 4.69) is 12.1 Å². The van der Waals surface area contributed by atoms with Gasteiger partial charge in [0, 0.05) is 16.2 Å². The summed E-state index contributed by atoms with van der Waals surface area (Å²) in [5, 5.41) is 0. The summed E-state index contributed by atoms with van der Waals surface area (Å²) in [6.07, 6.45) is 0. The smallest absolute Gasteiger partial charge is 0.122 e. The van der Waals surface area contributed by atoms with Crippen LogP contribution in [-0.4, -0.2) is 17.3 Å². The molecule has 0 heterocycles. The standard InChI is InChI=1S/C16H17NOS2/c1-12-7-8-13(16(17)19)11-15(12)18-9-10-20-14-5-3-2-4-6-14/h2-8,11H,9-10H2,1H3,(H2,17,19). The summed E-state index contributed by atoms with van der Waals surface area (Å²) in [5.41, 5.74) is 7.57. The van der Waals surface area contributed by atoms with E-state index in [1.165, 1.54) is 4.90 Å². The second kappa shape index (κ2) is 7.31. The predicted octanol–water partition coefficient (Wildman–Crippen LogP) is 3.80. The third kappa shape index (κ3) is 4.25. The summed E-state index contributed by atoms with van der Waals surface area (Å²) in [5.74, 6) is 1.75. The number of aryl methyl sites for hydroxylation is 1. The van der Waals surface area contributed by atoms with Gasteiger partial charge in [-0.25, -0.2) is 0 Å². The lowest BCUT2D eigenvalue weighted by atomic mass is 10.1. The van der Waals surface area contributed by atoms with Gasteiger partial charge in [-0.2, -0.15) is 0 Å². The summed E-state index contributed by atoms with van der Waals surface area (Å²) in [6.45, 7) is 2.67. The SMILES string of the molecule is Cc1ccc(C(N)=S)cc1OCCSc1ccccc1. The highest BCUT2D eigenvalue weighted by Gasteiger charge is 2.03. The summed E-state index contributed by atoms with van der Waals surface area (Å²) >= 11 is 6.76. The summed E-state index contributed by atoms with van der Waals surface area (Å²) in [4.78, 5) is 1.65. The van der Waals surface area contributed by atoms with Gasteiger partial charge in [0.15, 0.2) is 0 Å². The minimum atomic E-state index is 0.397. The van der Waals surface area contributed by atoms with Crippen LogP contribution in [0.15, 0.2) is 53.4 Å². The fourth-order valence-corrected chi connectivity index (χ4v) is 2.62. The van der Waals surface area contributed by atoms with Gasteiger partial charge in [0.2, 0.25) is 0 Å². The maximum absolute atomic E-state index is 5.81. The van der Waals surface area contributed by atoms with Gasteiger partial charge >= 0.3 is 0 Å². The van der Waals surface area contributed by atoms with Gasteiger partial charge in [-0.3, -0.25) is 0 Å². The number of benzene rings is 2. The Labute approximate surface area is 129 Å². The van der Waals surface area contributed by atoms with Crippen molar-refractivity contribution in [2.24, 2.45) is 5.73 Å². The highest BCUT2D eigenvalue weighted by atomic mass is 32.2. The lowest BCUT2D eigenvalue weighted by Crippen LogP contribution is -2.10. The molecule has 2 aromatic rings. The Bertz CT molecular complexity index is 584. The molecule has 2 N–H and O–H groups in total. The number of thioether (sulfide) groups is 1. The van der Waals surface area contributed by atoms with Crippen LogP contribution in [0.25, 0.3) is 0 Å². The fourth-order valence-electron chi connectivity index (χ4n) is 1.74. The topological polar surface area (TPSA) is 35.2 Å². The average molecular weight is 303 g/mol. The Morgan fingerprint density at radius 2 is 1.95 bits per heavy atom. The highest BCUT2D eigenvalue weighted by Crippen LogP contribution is 2.21. The van der Waals surface area contributed by atoms with Crippen molar-refractivity contribution < 1.29 is 4.74 Å². The van der Waals surface area contributed by atoms with Gasteiger partial charge < -0.3 is 10.5 Å². The number of ether oxygens (including phenoxy) is 1. The maximum Gasteiger partial charge on any atom is 0.122 e. The van der Waals surface area contributed by atoms with Gasteiger partial charge in [0.25, 0.3) is 0 Å². The van der Waals surface area contributed by atoms with Crippen molar-refractivity contribution in [1.29, 1.82) is 0 Å². The molecule has 4 heteroatoms. The Morgan fingerprint density at radius 3 is 2.65 bits per heavy atom. The molecule has 0 aromatic heterocycles. The van der Waals surface area contributed by atoms with E-state index in [0.29, 0.717) is 11.6 Å². The molecule has 0 aliphatic heterocycles. The molecule has 104 valence electrons. The number of hydrogen-bond acceptors (Lipinski definition) is 3. The normalized spacial score (nSPS) is 10.2. The molecule has 0 saturated carbocycles. The van der Waals surface area contributed by atoms with Crippen LogP contribution in [0.3, 0.4) is 0 Å². The maximum atomic E-state index is 5.81. The molecule has 0 saturated heterocycles. The van der Waals surface area contributed by atoms with Crippen molar-refractivity contribution in [3.05, 3.63) is 59.7 Å². The first-order valence-electron chi connectivity index (χ1n) is 6.38. The van der Waals surface area contributed by atoms with Crippen molar-refractivity contribution in [2.45, 2.75) is 11.8 Å². The first kappa shape index (κ1) is 14.9. The Hall–Kier alpha value is -1.52. The van der Waals surface area contributed by atoms with Crippen LogP contribution in [0.2, 0.25) is 0 Å². The molecule has 2 nitrogen and oxygen atoms in total. The lowest BCUT2D eigenvalue weighted by molar-refractivity contribution is 0.341. The number of nitrogens with two attached hydrogens (primary N) is 1. The quantitative estimate of drug-likeness (QED) is 0.500. The van der Waals surface area contributed by atoms with Crippen LogP contribution in [0.5, 0.6) is 5.75 Å². The largest absolute Gasteiger partial charge is 0.492 e. The van der Waals surface area contributed by atoms with E-state index in [0.717, 1.165) is 22.6 Å². The second-order valence-electron chi connectivity index (χ2n) is 4.35. The molecule has 0 unspecified atom stereocenters. The van der Waals surface area contributed by atoms with E-state index in [4.69, 9.17) is 22.7 Å². The van der Waals surface area contributed by atoms with Crippen LogP contribution >= 0.6 is 24.0 Å². The van der Waals surface area contributed by atoms with E-state index in [1.54, 1.807) is 11.8 Å². The number of rotatable bonds is 6. The van der Waals surface area contributed by atoms with Crippen LogP contribution in [0, 0.1) is 6.92 Å². The van der Waals surface area contributed by atoms with Crippen LogP contribution in [0.4, 0.5) is 0 Å². The number of thiocarbonyl (C=S) groups is 1. The van der Waals surface area contributed by atoms with Crippen LogP contribution in [0.1, 0.15) is 11.1 Å². The third-order valence-corrected chi connectivity index (χ3v) is 4.04. The summed E-state index contributed by atoms with van der Waals surface area (Å²) < 4.78 is 5.81. The molecule has 0 fully saturated rings. The monoisotopic (exact) mass is 303 g/mol. The zero-order valence-corrected chi connectivity index (χ0v) is 13.0. The summed E-state index contributed by atoms with van der Waals surface area (Å²) in [6, 6.07) is 16.1. The number of hydrogen-bond donors (Lipinski definition) is 1. The minimum absolute atomic E-state index is 0.397. The molecule has 2 aromatic carbocycles. The Morgan fingerprint density at radius 1 is 1.20 bits per heavy atom. The first-order chi connectivity index (χ1) is 9.66. The fraction of sp³-hybridized carbons (Fsp3) is 0.188. The predicted molar refractivity (Wildman–Crippen MR) is 89.7 cm³/mol. The van der Waals surface area contributed by atoms with E-state index < -0.39 is 0 Å². The molecular formula is C16H17NOS2. The molecule has 0 atom stereocenters. The van der Waals surface area contributed by atoms with Crippen molar-refractivity contribution in [2.75, 3.05) is 12.4 Å². The third-order valence-electron chi connectivity index (χ3n) is 2.83. The minimum Gasteiger partial charge on any atom is -0.492 e. The van der Waals surface area contributed by atoms with Crippen LogP contribution < -0.4 is 10.5 Å². The Kier molecular flexibility index (Phi) is 5.44. The molecule has 0 aliphatic carbocycles. The zero-order chi connectivity index (χ0) is 14.4. The first-order valence-corrected chi connectivity index (χ1v) is 7.77. The van der Waals surface area contributed by atoms with Crippen molar-refractivity contribution >= 4 is 29.0 Å². The zero-order valence-electron chi connectivity index (χ0n) is 11.3. The van der Waals surface area contributed by atoms with Gasteiger partial charge in [-0.15, -0.1) is 11.8 Å². The van der Waals surface area contributed by atoms with E-state index in [9.17, 15) is 0 Å². The van der Waals surface area contributed by atoms with Gasteiger partial charge in [-0.05, 0) is 30.7 Å². The van der Waals surface area contributed by atoms with Gasteiger partial charge in [0.1, 0.15) is 10.7 Å².